The molecule has 0 radical (unpaired) electrons. The van der Waals surface area contributed by atoms with Crippen LogP contribution in [-0.4, -0.2) is 41.3 Å². The molecule has 23 heavy (non-hydrogen) atoms. The second kappa shape index (κ2) is 4.82. The molecule has 0 atom stereocenters. The number of hydrogen-bond donors (Lipinski definition) is 0. The van der Waals surface area contributed by atoms with Gasteiger partial charge in [-0.1, -0.05) is 6.07 Å². The van der Waals surface area contributed by atoms with Crippen LogP contribution in [-0.2, 0) is 14.0 Å². The Labute approximate surface area is 137 Å². The van der Waals surface area contributed by atoms with Crippen LogP contribution in [0.25, 0.3) is 10.9 Å². The molecular formula is C17H23BN2O3. The van der Waals surface area contributed by atoms with Gasteiger partial charge in [-0.2, -0.15) is 5.10 Å². The Bertz CT molecular complexity index is 749. The second-order valence-corrected chi connectivity index (χ2v) is 7.64. The third-order valence-electron chi connectivity index (χ3n) is 5.46. The van der Waals surface area contributed by atoms with Gasteiger partial charge < -0.3 is 14.0 Å². The minimum Gasteiger partial charge on any atom is -0.399 e. The molecule has 2 saturated heterocycles. The molecular weight excluding hydrogens is 291 g/mol. The van der Waals surface area contributed by atoms with Gasteiger partial charge in [0.25, 0.3) is 0 Å². The smallest absolute Gasteiger partial charge is 0.399 e. The van der Waals surface area contributed by atoms with Crippen molar-refractivity contribution >= 4 is 23.5 Å². The lowest BCUT2D eigenvalue weighted by Crippen LogP contribution is -2.41. The maximum absolute atomic E-state index is 6.20. The molecule has 0 aliphatic carbocycles. The number of hydrogen-bond acceptors (Lipinski definition) is 4. The van der Waals surface area contributed by atoms with Crippen molar-refractivity contribution < 1.29 is 14.0 Å². The summed E-state index contributed by atoms with van der Waals surface area (Å²) in [6, 6.07) is 4.69. The molecule has 3 heterocycles. The van der Waals surface area contributed by atoms with Crippen molar-refractivity contribution in [2.24, 2.45) is 0 Å². The Kier molecular flexibility index (Phi) is 3.18. The average molecular weight is 314 g/mol. The van der Waals surface area contributed by atoms with Gasteiger partial charge in [0.1, 0.15) is 0 Å². The molecule has 0 saturated carbocycles. The van der Waals surface area contributed by atoms with Crippen molar-refractivity contribution in [2.75, 3.05) is 13.2 Å². The van der Waals surface area contributed by atoms with Crippen LogP contribution in [0.4, 0.5) is 0 Å². The molecule has 122 valence electrons. The van der Waals surface area contributed by atoms with Crippen molar-refractivity contribution in [3.05, 3.63) is 23.9 Å². The van der Waals surface area contributed by atoms with Gasteiger partial charge in [-0.05, 0) is 51.7 Å². The molecule has 4 rings (SSSR count). The lowest BCUT2D eigenvalue weighted by atomic mass is 9.75. The molecule has 0 spiro atoms. The van der Waals surface area contributed by atoms with Crippen LogP contribution in [0, 0.1) is 6.92 Å². The molecule has 1 aromatic heterocycles. The molecule has 5 nitrogen and oxygen atoms in total. The molecule has 0 unspecified atom stereocenters. The van der Waals surface area contributed by atoms with Crippen molar-refractivity contribution in [1.29, 1.82) is 0 Å². The highest BCUT2D eigenvalue weighted by Crippen LogP contribution is 2.37. The van der Waals surface area contributed by atoms with Crippen molar-refractivity contribution in [1.82, 2.24) is 9.78 Å². The molecule has 0 amide bonds. The fraction of sp³-hybridized carbons (Fsp3) is 0.588. The van der Waals surface area contributed by atoms with E-state index >= 15 is 0 Å². The predicted molar refractivity (Wildman–Crippen MR) is 90.0 cm³/mol. The minimum absolute atomic E-state index is 0.327. The first-order valence-electron chi connectivity index (χ1n) is 8.20. The number of aromatic nitrogens is 2. The highest BCUT2D eigenvalue weighted by molar-refractivity contribution is 6.63. The van der Waals surface area contributed by atoms with E-state index in [1.54, 1.807) is 0 Å². The van der Waals surface area contributed by atoms with Crippen molar-refractivity contribution in [3.8, 4) is 0 Å². The van der Waals surface area contributed by atoms with Crippen molar-refractivity contribution in [3.63, 3.8) is 0 Å². The maximum Gasteiger partial charge on any atom is 0.495 e. The van der Waals surface area contributed by atoms with Gasteiger partial charge in [-0.15, -0.1) is 0 Å². The highest BCUT2D eigenvalue weighted by Gasteiger charge is 2.52. The fourth-order valence-electron chi connectivity index (χ4n) is 3.09. The zero-order valence-corrected chi connectivity index (χ0v) is 14.4. The molecule has 0 bridgehead atoms. The Morgan fingerprint density at radius 2 is 1.78 bits per heavy atom. The SMILES string of the molecule is Cc1cc2c(cnn2C2COC2)cc1B1OC(C)(C)C(C)(C)O1. The first-order valence-corrected chi connectivity index (χ1v) is 8.20. The summed E-state index contributed by atoms with van der Waals surface area (Å²) < 4.78 is 19.8. The molecule has 1 aromatic carbocycles. The summed E-state index contributed by atoms with van der Waals surface area (Å²) in [6.07, 6.45) is 1.92. The number of benzene rings is 1. The predicted octanol–water partition coefficient (Wildman–Crippen LogP) is 2.22. The first kappa shape index (κ1) is 15.2. The lowest BCUT2D eigenvalue weighted by molar-refractivity contribution is -0.0266. The molecule has 2 fully saturated rings. The summed E-state index contributed by atoms with van der Waals surface area (Å²) in [6.45, 7) is 11.9. The summed E-state index contributed by atoms with van der Waals surface area (Å²) in [4.78, 5) is 0. The van der Waals surface area contributed by atoms with E-state index in [2.05, 4.69) is 56.5 Å². The molecule has 2 aromatic rings. The quantitative estimate of drug-likeness (QED) is 0.798. The van der Waals surface area contributed by atoms with Crippen molar-refractivity contribution in [2.45, 2.75) is 51.9 Å². The number of aryl methyl sites for hydroxylation is 1. The second-order valence-electron chi connectivity index (χ2n) is 7.64. The average Bonchev–Trinajstić information content (AvgIpc) is 2.86. The third-order valence-corrected chi connectivity index (χ3v) is 5.46. The summed E-state index contributed by atoms with van der Waals surface area (Å²) >= 11 is 0. The highest BCUT2D eigenvalue weighted by atomic mass is 16.7. The van der Waals surface area contributed by atoms with Gasteiger partial charge in [0.2, 0.25) is 0 Å². The maximum atomic E-state index is 6.20. The van der Waals surface area contributed by atoms with Crippen LogP contribution < -0.4 is 5.46 Å². The zero-order valence-electron chi connectivity index (χ0n) is 14.4. The van der Waals surface area contributed by atoms with Crippen LogP contribution in [0.5, 0.6) is 0 Å². The summed E-state index contributed by atoms with van der Waals surface area (Å²) in [5.74, 6) is 0. The van der Waals surface area contributed by atoms with E-state index in [0.29, 0.717) is 6.04 Å². The van der Waals surface area contributed by atoms with Crippen LogP contribution in [0.15, 0.2) is 18.3 Å². The minimum atomic E-state index is -0.334. The van der Waals surface area contributed by atoms with Gasteiger partial charge in [-0.3, -0.25) is 4.68 Å². The Morgan fingerprint density at radius 3 is 2.35 bits per heavy atom. The van der Waals surface area contributed by atoms with Crippen LogP contribution in [0.2, 0.25) is 0 Å². The number of nitrogens with zero attached hydrogens (tertiary/aromatic N) is 2. The van der Waals surface area contributed by atoms with Gasteiger partial charge in [0.05, 0.1) is 42.2 Å². The van der Waals surface area contributed by atoms with E-state index in [0.717, 1.165) is 35.1 Å². The normalized spacial score (nSPS) is 23.4. The van der Waals surface area contributed by atoms with E-state index in [9.17, 15) is 0 Å². The number of rotatable bonds is 2. The Hall–Kier alpha value is -1.37. The van der Waals surface area contributed by atoms with Crippen LogP contribution >= 0.6 is 0 Å². The van der Waals surface area contributed by atoms with Gasteiger partial charge in [0.15, 0.2) is 0 Å². The first-order chi connectivity index (χ1) is 10.8. The van der Waals surface area contributed by atoms with Gasteiger partial charge in [-0.25, -0.2) is 0 Å². The largest absolute Gasteiger partial charge is 0.495 e. The molecule has 6 heteroatoms. The van der Waals surface area contributed by atoms with Crippen LogP contribution in [0.3, 0.4) is 0 Å². The van der Waals surface area contributed by atoms with E-state index in [1.165, 1.54) is 0 Å². The fourth-order valence-corrected chi connectivity index (χ4v) is 3.09. The number of fused-ring (bicyclic) bond motifs is 1. The summed E-state index contributed by atoms with van der Waals surface area (Å²) in [5, 5.41) is 5.66. The lowest BCUT2D eigenvalue weighted by Gasteiger charge is -2.32. The Balaban J connectivity index is 1.73. The van der Waals surface area contributed by atoms with E-state index in [-0.39, 0.29) is 18.3 Å². The topological polar surface area (TPSA) is 45.5 Å². The zero-order chi connectivity index (χ0) is 16.4. The molecule has 2 aliphatic rings. The number of ether oxygens (including phenoxy) is 1. The van der Waals surface area contributed by atoms with Gasteiger partial charge >= 0.3 is 7.12 Å². The van der Waals surface area contributed by atoms with E-state index in [4.69, 9.17) is 14.0 Å². The Morgan fingerprint density at radius 1 is 1.13 bits per heavy atom. The van der Waals surface area contributed by atoms with E-state index in [1.807, 2.05) is 6.20 Å². The van der Waals surface area contributed by atoms with E-state index < -0.39 is 0 Å². The standard InChI is InChI=1S/C17H23BN2O3/c1-11-6-15-12(8-19-20(15)13-9-21-10-13)7-14(11)18-22-16(2,3)17(4,5)23-18/h6-8,13H,9-10H2,1-5H3. The molecule has 0 N–H and O–H groups in total. The summed E-state index contributed by atoms with van der Waals surface area (Å²) in [7, 11) is -0.334. The van der Waals surface area contributed by atoms with Gasteiger partial charge in [0, 0.05) is 5.39 Å². The summed E-state index contributed by atoms with van der Waals surface area (Å²) in [5.41, 5.74) is 2.74. The monoisotopic (exact) mass is 314 g/mol. The van der Waals surface area contributed by atoms with Crippen LogP contribution in [0.1, 0.15) is 39.3 Å². The molecule has 2 aliphatic heterocycles. The third kappa shape index (κ3) is 2.23.